The number of carbonyl (C=O) groups excluding carboxylic acids is 1. The first-order valence-electron chi connectivity index (χ1n) is 11.2. The number of benzene rings is 2. The van der Waals surface area contributed by atoms with Gasteiger partial charge in [-0.15, -0.1) is 0 Å². The highest BCUT2D eigenvalue weighted by Crippen LogP contribution is 2.34. The van der Waals surface area contributed by atoms with Crippen LogP contribution in [0.5, 0.6) is 0 Å². The monoisotopic (exact) mass is 470 g/mol. The Morgan fingerprint density at radius 1 is 0.735 bits per heavy atom. The summed E-state index contributed by atoms with van der Waals surface area (Å²) < 4.78 is 0. The van der Waals surface area contributed by atoms with Gasteiger partial charge in [-0.05, 0) is 49.9 Å². The predicted octanol–water partition coefficient (Wildman–Crippen LogP) is 2.66. The molecule has 2 aliphatic heterocycles. The van der Waals surface area contributed by atoms with Gasteiger partial charge < -0.3 is 20.0 Å². The number of hydrogen-bond acceptors (Lipinski definition) is 9. The van der Waals surface area contributed by atoms with Crippen LogP contribution in [0.15, 0.2) is 36.4 Å². The first-order chi connectivity index (χ1) is 16.2. The fraction of sp³-hybridized carbons (Fsp3) is 0.435. The molecule has 2 saturated heterocycles. The van der Waals surface area contributed by atoms with E-state index < -0.39 is 27.8 Å². The molecule has 0 atom stereocenters. The van der Waals surface area contributed by atoms with E-state index in [2.05, 4.69) is 0 Å². The molecule has 11 nitrogen and oxygen atoms in total. The summed E-state index contributed by atoms with van der Waals surface area (Å²) in [7, 11) is 0. The zero-order valence-corrected chi connectivity index (χ0v) is 18.5. The number of anilines is 2. The van der Waals surface area contributed by atoms with Crippen molar-refractivity contribution in [3.8, 4) is 0 Å². The summed E-state index contributed by atoms with van der Waals surface area (Å²) in [6, 6.07) is 8.42. The third kappa shape index (κ3) is 4.85. The molecule has 0 aromatic heterocycles. The minimum atomic E-state index is -0.549. The van der Waals surface area contributed by atoms with E-state index in [1.807, 2.05) is 9.80 Å². The lowest BCUT2D eigenvalue weighted by molar-refractivity contribution is -0.384. The predicted molar refractivity (Wildman–Crippen MR) is 125 cm³/mol. The van der Waals surface area contributed by atoms with Crippen LogP contribution in [0.2, 0.25) is 0 Å². The van der Waals surface area contributed by atoms with Crippen LogP contribution in [-0.4, -0.2) is 64.2 Å². The van der Waals surface area contributed by atoms with Gasteiger partial charge in [-0.25, -0.2) is 0 Å². The van der Waals surface area contributed by atoms with Gasteiger partial charge in [0, 0.05) is 49.4 Å². The molecule has 0 spiro atoms. The zero-order valence-electron chi connectivity index (χ0n) is 18.5. The standard InChI is InChI=1S/C23H26N4O7/c28-17-5-9-24(10-6-17)19-3-1-15(13-21(19)26(31)32)23(30)16-2-4-20(22(14-16)27(33)34)25-11-7-18(29)8-12-25/h1-4,13-14,17-18,28-29H,5-12H2. The maximum Gasteiger partial charge on any atom is 0.293 e. The second-order valence-electron chi connectivity index (χ2n) is 8.69. The average molecular weight is 470 g/mol. The van der Waals surface area contributed by atoms with Crippen LogP contribution in [0.3, 0.4) is 0 Å². The van der Waals surface area contributed by atoms with Gasteiger partial charge in [0.25, 0.3) is 11.4 Å². The van der Waals surface area contributed by atoms with E-state index in [0.717, 1.165) is 0 Å². The number of rotatable bonds is 6. The zero-order chi connectivity index (χ0) is 24.4. The molecule has 11 heteroatoms. The van der Waals surface area contributed by atoms with Crippen molar-refractivity contribution in [3.63, 3.8) is 0 Å². The number of nitro groups is 2. The topological polar surface area (TPSA) is 150 Å². The van der Waals surface area contributed by atoms with Crippen LogP contribution in [0, 0.1) is 20.2 Å². The third-order valence-electron chi connectivity index (χ3n) is 6.48. The molecule has 0 unspecified atom stereocenters. The molecule has 2 N–H and O–H groups in total. The lowest BCUT2D eigenvalue weighted by atomic mass is 9.99. The Morgan fingerprint density at radius 2 is 1.09 bits per heavy atom. The van der Waals surface area contributed by atoms with Crippen molar-refractivity contribution in [1.82, 2.24) is 0 Å². The van der Waals surface area contributed by atoms with Gasteiger partial charge in [0.2, 0.25) is 0 Å². The highest BCUT2D eigenvalue weighted by atomic mass is 16.6. The molecule has 2 aromatic rings. The van der Waals surface area contributed by atoms with Gasteiger partial charge in [0.15, 0.2) is 5.78 Å². The van der Waals surface area contributed by atoms with Crippen molar-refractivity contribution in [2.75, 3.05) is 36.0 Å². The molecule has 34 heavy (non-hydrogen) atoms. The first kappa shape index (κ1) is 23.6. The Hall–Kier alpha value is -3.57. The molecule has 0 radical (unpaired) electrons. The molecule has 2 fully saturated rings. The lowest BCUT2D eigenvalue weighted by Gasteiger charge is -2.31. The van der Waals surface area contributed by atoms with Crippen LogP contribution in [0.1, 0.15) is 41.6 Å². The van der Waals surface area contributed by atoms with Gasteiger partial charge in [-0.2, -0.15) is 0 Å². The van der Waals surface area contributed by atoms with Crippen molar-refractivity contribution < 1.29 is 24.9 Å². The van der Waals surface area contributed by atoms with Gasteiger partial charge in [0.05, 0.1) is 22.1 Å². The maximum absolute atomic E-state index is 13.1. The molecule has 180 valence electrons. The van der Waals surface area contributed by atoms with Crippen molar-refractivity contribution in [2.45, 2.75) is 37.9 Å². The van der Waals surface area contributed by atoms with Crippen LogP contribution in [0.4, 0.5) is 22.7 Å². The molecule has 2 aliphatic rings. The number of aliphatic hydroxyl groups excluding tert-OH is 2. The normalized spacial score (nSPS) is 17.6. The summed E-state index contributed by atoms with van der Waals surface area (Å²) in [5.74, 6) is -0.549. The molecular weight excluding hydrogens is 444 g/mol. The van der Waals surface area contributed by atoms with E-state index in [9.17, 15) is 35.2 Å². The molecule has 0 aliphatic carbocycles. The van der Waals surface area contributed by atoms with Crippen LogP contribution < -0.4 is 9.80 Å². The quantitative estimate of drug-likeness (QED) is 0.369. The number of ketones is 1. The molecular formula is C23H26N4O7. The Balaban J connectivity index is 1.63. The average Bonchev–Trinajstić information content (AvgIpc) is 2.84. The van der Waals surface area contributed by atoms with Crippen LogP contribution in [0.25, 0.3) is 0 Å². The molecule has 2 aromatic carbocycles. The minimum Gasteiger partial charge on any atom is -0.393 e. The smallest absolute Gasteiger partial charge is 0.293 e. The summed E-state index contributed by atoms with van der Waals surface area (Å²) in [5, 5.41) is 42.9. The van der Waals surface area contributed by atoms with E-state index in [0.29, 0.717) is 63.2 Å². The van der Waals surface area contributed by atoms with Crippen molar-refractivity contribution in [1.29, 1.82) is 0 Å². The van der Waals surface area contributed by atoms with Crippen molar-refractivity contribution in [3.05, 3.63) is 67.8 Å². The van der Waals surface area contributed by atoms with Gasteiger partial charge >= 0.3 is 0 Å². The second kappa shape index (κ2) is 9.74. The lowest BCUT2D eigenvalue weighted by Crippen LogP contribution is -2.36. The maximum atomic E-state index is 13.1. The Kier molecular flexibility index (Phi) is 6.75. The number of nitro benzene ring substituents is 2. The number of carbonyl (C=O) groups is 1. The summed E-state index contributed by atoms with van der Waals surface area (Å²) >= 11 is 0. The van der Waals surface area contributed by atoms with E-state index in [-0.39, 0.29) is 22.5 Å². The molecule has 0 saturated carbocycles. The molecule has 4 rings (SSSR count). The summed E-state index contributed by atoms with van der Waals surface area (Å²) in [6.45, 7) is 1.87. The fourth-order valence-electron chi connectivity index (χ4n) is 4.54. The second-order valence-corrected chi connectivity index (χ2v) is 8.69. The van der Waals surface area contributed by atoms with Crippen molar-refractivity contribution in [2.24, 2.45) is 0 Å². The minimum absolute atomic E-state index is 0.0654. The van der Waals surface area contributed by atoms with E-state index >= 15 is 0 Å². The fourth-order valence-corrected chi connectivity index (χ4v) is 4.54. The highest BCUT2D eigenvalue weighted by Gasteiger charge is 2.28. The number of aliphatic hydroxyl groups is 2. The summed E-state index contributed by atoms with van der Waals surface area (Å²) in [5.41, 5.74) is 0.441. The van der Waals surface area contributed by atoms with E-state index in [4.69, 9.17) is 0 Å². The van der Waals surface area contributed by atoms with Crippen LogP contribution in [-0.2, 0) is 0 Å². The number of hydrogen-bond donors (Lipinski definition) is 2. The SMILES string of the molecule is O=C(c1ccc(N2CCC(O)CC2)c([N+](=O)[O-])c1)c1ccc(N2CCC(O)CC2)c([N+](=O)[O-])c1. The molecule has 2 heterocycles. The van der Waals surface area contributed by atoms with Gasteiger partial charge in [-0.1, -0.05) is 0 Å². The molecule has 0 amide bonds. The van der Waals surface area contributed by atoms with E-state index in [1.54, 1.807) is 0 Å². The van der Waals surface area contributed by atoms with Crippen LogP contribution >= 0.6 is 0 Å². The Bertz CT molecular complexity index is 1020. The summed E-state index contributed by atoms with van der Waals surface area (Å²) in [6.07, 6.45) is 1.16. The third-order valence-corrected chi connectivity index (χ3v) is 6.48. The Labute approximate surface area is 195 Å². The Morgan fingerprint density at radius 3 is 1.41 bits per heavy atom. The number of piperidine rings is 2. The highest BCUT2D eigenvalue weighted by molar-refractivity contribution is 6.10. The number of nitrogens with zero attached hydrogens (tertiary/aromatic N) is 4. The van der Waals surface area contributed by atoms with E-state index in [1.165, 1.54) is 36.4 Å². The summed E-state index contributed by atoms with van der Waals surface area (Å²) in [4.78, 5) is 39.1. The van der Waals surface area contributed by atoms with Gasteiger partial charge in [-0.3, -0.25) is 25.0 Å². The first-order valence-corrected chi connectivity index (χ1v) is 11.2. The molecule has 0 bridgehead atoms. The van der Waals surface area contributed by atoms with Gasteiger partial charge in [0.1, 0.15) is 11.4 Å². The largest absolute Gasteiger partial charge is 0.393 e. The van der Waals surface area contributed by atoms with Crippen molar-refractivity contribution >= 4 is 28.5 Å².